The Morgan fingerprint density at radius 1 is 0.647 bits per heavy atom. The molecule has 3 aromatic rings. The Bertz CT molecular complexity index is 1560. The Balaban J connectivity index is 1.97. The molecule has 0 spiro atoms. The van der Waals surface area contributed by atoms with Crippen molar-refractivity contribution in [1.82, 2.24) is 0 Å². The number of hydrogen-bond acceptors (Lipinski definition) is 5. The van der Waals surface area contributed by atoms with E-state index in [0.29, 0.717) is 25.7 Å². The fraction of sp³-hybridized carbons (Fsp3) is 0.511. The molecule has 1 N–H and O–H groups in total. The first-order chi connectivity index (χ1) is 23.9. The standard InChI is InChI=1S/C45H60O6/c1-30(24-34(25-32-16-12-10-13-17-32)27-39(46)38(44(3,4)5)29-41(48)51-9)37(28-40(47)42(45(6,7)8)31(2)43(49)50)26-33-20-22-36(23-21-33)35-18-14-11-15-19-35/h10-23,30-31,34,37-38,42H,24-29H2,1-9H3,(H,49,50). The number of aliphatic carboxylic acids is 1. The van der Waals surface area contributed by atoms with Gasteiger partial charge >= 0.3 is 11.9 Å². The first-order valence-corrected chi connectivity index (χ1v) is 18.4. The summed E-state index contributed by atoms with van der Waals surface area (Å²) in [4.78, 5) is 52.8. The number of carboxylic acid groups (broad SMARTS) is 1. The third-order valence-corrected chi connectivity index (χ3v) is 10.6. The molecule has 0 saturated carbocycles. The number of Topliss-reactive ketones (excluding diaryl/α,β-unsaturated/α-hetero) is 2. The fourth-order valence-corrected chi connectivity index (χ4v) is 7.77. The number of methoxy groups -OCH3 is 1. The van der Waals surface area contributed by atoms with Gasteiger partial charge in [-0.05, 0) is 70.1 Å². The minimum atomic E-state index is -0.967. The summed E-state index contributed by atoms with van der Waals surface area (Å²) >= 11 is 0. The van der Waals surface area contributed by atoms with E-state index in [1.54, 1.807) is 6.92 Å². The second-order valence-corrected chi connectivity index (χ2v) is 16.8. The van der Waals surface area contributed by atoms with Crippen molar-refractivity contribution in [2.45, 2.75) is 93.9 Å². The maximum atomic E-state index is 14.2. The summed E-state index contributed by atoms with van der Waals surface area (Å²) in [5, 5.41) is 9.97. The zero-order valence-electron chi connectivity index (χ0n) is 32.3. The van der Waals surface area contributed by atoms with Gasteiger partial charge < -0.3 is 9.84 Å². The molecule has 0 amide bonds. The first-order valence-electron chi connectivity index (χ1n) is 18.4. The fourth-order valence-electron chi connectivity index (χ4n) is 7.77. The van der Waals surface area contributed by atoms with Crippen LogP contribution in [0.4, 0.5) is 0 Å². The highest BCUT2D eigenvalue weighted by Gasteiger charge is 2.40. The molecule has 0 saturated heterocycles. The maximum absolute atomic E-state index is 14.2. The number of carbonyl (C=O) groups excluding carboxylic acids is 3. The van der Waals surface area contributed by atoms with Crippen LogP contribution in [0.2, 0.25) is 0 Å². The summed E-state index contributed by atoms with van der Waals surface area (Å²) in [6, 6.07) is 28.8. The van der Waals surface area contributed by atoms with Gasteiger partial charge in [0.15, 0.2) is 0 Å². The molecule has 3 rings (SSSR count). The predicted octanol–water partition coefficient (Wildman–Crippen LogP) is 9.92. The van der Waals surface area contributed by atoms with Gasteiger partial charge in [-0.1, -0.05) is 140 Å². The van der Waals surface area contributed by atoms with Crippen LogP contribution in [0.3, 0.4) is 0 Å². The van der Waals surface area contributed by atoms with Crippen LogP contribution in [0.5, 0.6) is 0 Å². The molecule has 0 aromatic heterocycles. The lowest BCUT2D eigenvalue weighted by molar-refractivity contribution is -0.149. The van der Waals surface area contributed by atoms with E-state index in [1.165, 1.54) is 7.11 Å². The number of ketones is 2. The molecule has 0 aliphatic carbocycles. The van der Waals surface area contributed by atoms with Crippen LogP contribution in [-0.2, 0) is 36.8 Å². The molecule has 6 heteroatoms. The number of carbonyl (C=O) groups is 4. The number of hydrogen-bond donors (Lipinski definition) is 1. The second kappa shape index (κ2) is 18.4. The first kappa shape index (κ1) is 41.4. The van der Waals surface area contributed by atoms with Crippen molar-refractivity contribution in [2.24, 2.45) is 46.3 Å². The Hall–Kier alpha value is -4.06. The Morgan fingerprint density at radius 2 is 1.18 bits per heavy atom. The van der Waals surface area contributed by atoms with Crippen molar-refractivity contribution in [3.63, 3.8) is 0 Å². The number of carboxylic acids is 1. The minimum absolute atomic E-state index is 0.0215. The molecule has 0 aliphatic heterocycles. The van der Waals surface area contributed by atoms with E-state index in [2.05, 4.69) is 55.5 Å². The van der Waals surface area contributed by atoms with Gasteiger partial charge in [-0.2, -0.15) is 0 Å². The van der Waals surface area contributed by atoms with E-state index in [-0.39, 0.29) is 42.2 Å². The van der Waals surface area contributed by atoms with Crippen LogP contribution in [0.25, 0.3) is 11.1 Å². The number of benzene rings is 3. The third-order valence-electron chi connectivity index (χ3n) is 10.6. The molecule has 3 aromatic carbocycles. The molecule has 0 radical (unpaired) electrons. The van der Waals surface area contributed by atoms with Crippen LogP contribution in [0, 0.1) is 46.3 Å². The van der Waals surface area contributed by atoms with E-state index < -0.39 is 40.5 Å². The molecular weight excluding hydrogens is 636 g/mol. The van der Waals surface area contributed by atoms with Crippen molar-refractivity contribution in [1.29, 1.82) is 0 Å². The molecule has 0 heterocycles. The summed E-state index contributed by atoms with van der Waals surface area (Å²) in [7, 11) is 1.35. The monoisotopic (exact) mass is 696 g/mol. The normalized spacial score (nSPS) is 15.5. The molecule has 0 aliphatic rings. The van der Waals surface area contributed by atoms with Gasteiger partial charge in [-0.3, -0.25) is 19.2 Å². The predicted molar refractivity (Wildman–Crippen MR) is 205 cm³/mol. The molecule has 6 atom stereocenters. The lowest BCUT2D eigenvalue weighted by atomic mass is 9.68. The highest BCUT2D eigenvalue weighted by Crippen LogP contribution is 2.39. The average molecular weight is 697 g/mol. The number of ether oxygens (including phenoxy) is 1. The molecule has 0 bridgehead atoms. The maximum Gasteiger partial charge on any atom is 0.306 e. The Morgan fingerprint density at radius 3 is 1.69 bits per heavy atom. The summed E-state index contributed by atoms with van der Waals surface area (Å²) < 4.78 is 4.96. The van der Waals surface area contributed by atoms with Crippen molar-refractivity contribution in [3.8, 4) is 11.1 Å². The minimum Gasteiger partial charge on any atom is -0.481 e. The molecule has 276 valence electrons. The molecular formula is C45H60O6. The van der Waals surface area contributed by atoms with Crippen molar-refractivity contribution in [3.05, 3.63) is 96.1 Å². The van der Waals surface area contributed by atoms with E-state index in [1.807, 2.05) is 77.9 Å². The van der Waals surface area contributed by atoms with Crippen molar-refractivity contribution < 1.29 is 29.0 Å². The van der Waals surface area contributed by atoms with Gasteiger partial charge in [0.05, 0.1) is 19.4 Å². The highest BCUT2D eigenvalue weighted by molar-refractivity contribution is 5.87. The van der Waals surface area contributed by atoms with Gasteiger partial charge in [0, 0.05) is 24.7 Å². The average Bonchev–Trinajstić information content (AvgIpc) is 3.06. The quantitative estimate of drug-likeness (QED) is 0.133. The lowest BCUT2D eigenvalue weighted by Crippen LogP contribution is -2.39. The van der Waals surface area contributed by atoms with Gasteiger partial charge in [-0.25, -0.2) is 0 Å². The van der Waals surface area contributed by atoms with Crippen LogP contribution < -0.4 is 0 Å². The molecule has 0 fully saturated rings. The Labute approximate surface area is 306 Å². The summed E-state index contributed by atoms with van der Waals surface area (Å²) in [5.74, 6) is -3.33. The summed E-state index contributed by atoms with van der Waals surface area (Å²) in [5.41, 5.74) is 3.55. The summed E-state index contributed by atoms with van der Waals surface area (Å²) in [6.45, 7) is 15.6. The zero-order chi connectivity index (χ0) is 37.9. The number of rotatable bonds is 18. The van der Waals surface area contributed by atoms with E-state index >= 15 is 0 Å². The Kier molecular flexibility index (Phi) is 15.0. The third kappa shape index (κ3) is 12.6. The van der Waals surface area contributed by atoms with Gasteiger partial charge in [-0.15, -0.1) is 0 Å². The van der Waals surface area contributed by atoms with Crippen LogP contribution in [0.15, 0.2) is 84.9 Å². The topological polar surface area (TPSA) is 97.7 Å². The van der Waals surface area contributed by atoms with Gasteiger partial charge in [0.1, 0.15) is 11.6 Å². The van der Waals surface area contributed by atoms with Crippen LogP contribution >= 0.6 is 0 Å². The molecule has 6 unspecified atom stereocenters. The van der Waals surface area contributed by atoms with Gasteiger partial charge in [0.2, 0.25) is 0 Å². The zero-order valence-corrected chi connectivity index (χ0v) is 32.3. The molecule has 51 heavy (non-hydrogen) atoms. The smallest absolute Gasteiger partial charge is 0.306 e. The van der Waals surface area contributed by atoms with Gasteiger partial charge in [0.25, 0.3) is 0 Å². The number of esters is 1. The molecule has 6 nitrogen and oxygen atoms in total. The van der Waals surface area contributed by atoms with Crippen molar-refractivity contribution >= 4 is 23.5 Å². The highest BCUT2D eigenvalue weighted by atomic mass is 16.5. The van der Waals surface area contributed by atoms with E-state index in [0.717, 1.165) is 22.3 Å². The largest absolute Gasteiger partial charge is 0.481 e. The van der Waals surface area contributed by atoms with Crippen LogP contribution in [-0.4, -0.2) is 35.7 Å². The van der Waals surface area contributed by atoms with Crippen LogP contribution in [0.1, 0.15) is 92.2 Å². The SMILES string of the molecule is COC(=O)CC(C(=O)CC(Cc1ccccc1)CC(C)C(CC(=O)C(C(C)C(=O)O)C(C)(C)C)Cc1ccc(-c2ccccc2)cc1)C(C)(C)C. The second-order valence-electron chi connectivity index (χ2n) is 16.8. The van der Waals surface area contributed by atoms with E-state index in [9.17, 15) is 24.3 Å². The van der Waals surface area contributed by atoms with E-state index in [4.69, 9.17) is 4.74 Å². The lowest BCUT2D eigenvalue weighted by Gasteiger charge is -2.35. The summed E-state index contributed by atoms with van der Waals surface area (Å²) in [6.07, 6.45) is 2.65. The van der Waals surface area contributed by atoms with Crippen molar-refractivity contribution in [2.75, 3.05) is 7.11 Å².